The normalized spacial score (nSPS) is 22.6. The van der Waals surface area contributed by atoms with Crippen molar-refractivity contribution in [2.24, 2.45) is 0 Å². The Morgan fingerprint density at radius 1 is 1.05 bits per heavy atom. The molecule has 4 heteroatoms. The van der Waals surface area contributed by atoms with Crippen molar-refractivity contribution in [3.8, 4) is 11.5 Å². The third-order valence-electron chi connectivity index (χ3n) is 4.20. The van der Waals surface area contributed by atoms with Crippen LogP contribution in [-0.2, 0) is 0 Å². The molecule has 4 nitrogen and oxygen atoms in total. The Bertz CT molecular complexity index is 415. The van der Waals surface area contributed by atoms with Crippen molar-refractivity contribution in [1.29, 1.82) is 0 Å². The van der Waals surface area contributed by atoms with Crippen molar-refractivity contribution in [3.05, 3.63) is 23.8 Å². The highest BCUT2D eigenvalue weighted by molar-refractivity contribution is 5.42. The van der Waals surface area contributed by atoms with Gasteiger partial charge in [-0.05, 0) is 31.5 Å². The van der Waals surface area contributed by atoms with Crippen molar-refractivity contribution < 1.29 is 19.3 Å². The SMILES string of the molecule is CC[NH+]1CC[NH+](CCOc2ccc(C)cc2OC)CC1. The van der Waals surface area contributed by atoms with E-state index in [-0.39, 0.29) is 0 Å². The lowest BCUT2D eigenvalue weighted by atomic mass is 10.2. The highest BCUT2D eigenvalue weighted by atomic mass is 16.5. The Kier molecular flexibility index (Phi) is 5.68. The molecule has 2 rings (SSSR count). The molecule has 0 aromatic heterocycles. The topological polar surface area (TPSA) is 27.3 Å². The number of aryl methyl sites for hydroxylation is 1. The summed E-state index contributed by atoms with van der Waals surface area (Å²) in [6.45, 7) is 12.5. The molecule has 1 aromatic carbocycles. The van der Waals surface area contributed by atoms with Crippen LogP contribution in [0.2, 0.25) is 0 Å². The van der Waals surface area contributed by atoms with Gasteiger partial charge < -0.3 is 19.3 Å². The van der Waals surface area contributed by atoms with Crippen LogP contribution in [0.4, 0.5) is 0 Å². The quantitative estimate of drug-likeness (QED) is 0.713. The van der Waals surface area contributed by atoms with Gasteiger partial charge in [0.15, 0.2) is 11.5 Å². The van der Waals surface area contributed by atoms with Crippen molar-refractivity contribution in [3.63, 3.8) is 0 Å². The van der Waals surface area contributed by atoms with Crippen LogP contribution in [0.25, 0.3) is 0 Å². The minimum Gasteiger partial charge on any atom is -0.493 e. The lowest BCUT2D eigenvalue weighted by Crippen LogP contribution is -3.28. The molecular formula is C16H28N2O2+2. The second-order valence-corrected chi connectivity index (χ2v) is 5.61. The highest BCUT2D eigenvalue weighted by Gasteiger charge is 2.21. The highest BCUT2D eigenvalue weighted by Crippen LogP contribution is 2.27. The van der Waals surface area contributed by atoms with Crippen LogP contribution in [0.1, 0.15) is 12.5 Å². The Labute approximate surface area is 122 Å². The molecule has 0 bridgehead atoms. The fourth-order valence-corrected chi connectivity index (χ4v) is 2.76. The van der Waals surface area contributed by atoms with Gasteiger partial charge in [0.2, 0.25) is 0 Å². The number of hydrogen-bond acceptors (Lipinski definition) is 2. The molecule has 0 amide bonds. The van der Waals surface area contributed by atoms with Gasteiger partial charge in [0.25, 0.3) is 0 Å². The molecule has 1 aromatic rings. The first-order valence-corrected chi connectivity index (χ1v) is 7.67. The summed E-state index contributed by atoms with van der Waals surface area (Å²) in [6, 6.07) is 6.09. The molecule has 1 aliphatic rings. The molecular weight excluding hydrogens is 252 g/mol. The van der Waals surface area contributed by atoms with Gasteiger partial charge in [-0.2, -0.15) is 0 Å². The average Bonchev–Trinajstić information content (AvgIpc) is 2.49. The lowest BCUT2D eigenvalue weighted by molar-refractivity contribution is -1.01. The van der Waals surface area contributed by atoms with E-state index in [1.807, 2.05) is 12.1 Å². The Balaban J connectivity index is 1.76. The second-order valence-electron chi connectivity index (χ2n) is 5.61. The summed E-state index contributed by atoms with van der Waals surface area (Å²) in [5.41, 5.74) is 1.19. The van der Waals surface area contributed by atoms with Gasteiger partial charge in [-0.3, -0.25) is 0 Å². The summed E-state index contributed by atoms with van der Waals surface area (Å²) in [7, 11) is 1.69. The number of likely N-dealkylation sites (N-methyl/N-ethyl adjacent to an activating group) is 1. The molecule has 1 aliphatic heterocycles. The van der Waals surface area contributed by atoms with Crippen molar-refractivity contribution in [2.45, 2.75) is 13.8 Å². The van der Waals surface area contributed by atoms with Gasteiger partial charge in [-0.15, -0.1) is 0 Å². The fraction of sp³-hybridized carbons (Fsp3) is 0.625. The fourth-order valence-electron chi connectivity index (χ4n) is 2.76. The largest absolute Gasteiger partial charge is 0.493 e. The maximum absolute atomic E-state index is 5.89. The number of benzene rings is 1. The molecule has 112 valence electrons. The maximum atomic E-state index is 5.89. The smallest absolute Gasteiger partial charge is 0.161 e. The molecule has 2 N–H and O–H groups in total. The predicted octanol–water partition coefficient (Wildman–Crippen LogP) is -0.814. The van der Waals surface area contributed by atoms with E-state index in [4.69, 9.17) is 9.47 Å². The molecule has 0 spiro atoms. The summed E-state index contributed by atoms with van der Waals surface area (Å²) < 4.78 is 11.2. The Hall–Kier alpha value is -1.26. The standard InChI is InChI=1S/C16H26N2O2/c1-4-17-7-9-18(10-8-17)11-12-20-15-6-5-14(2)13-16(15)19-3/h5-6,13H,4,7-12H2,1-3H3/p+2. The van der Waals surface area contributed by atoms with E-state index in [9.17, 15) is 0 Å². The van der Waals surface area contributed by atoms with E-state index in [1.54, 1.807) is 16.9 Å². The van der Waals surface area contributed by atoms with E-state index in [0.717, 1.165) is 24.7 Å². The van der Waals surface area contributed by atoms with E-state index in [1.165, 1.54) is 38.3 Å². The molecule has 1 fully saturated rings. The maximum Gasteiger partial charge on any atom is 0.161 e. The minimum atomic E-state index is 0.760. The van der Waals surface area contributed by atoms with Gasteiger partial charge in [0.1, 0.15) is 39.3 Å². The van der Waals surface area contributed by atoms with Crippen LogP contribution >= 0.6 is 0 Å². The summed E-state index contributed by atoms with van der Waals surface area (Å²) in [6.07, 6.45) is 0. The van der Waals surface area contributed by atoms with Gasteiger partial charge in [-0.25, -0.2) is 0 Å². The van der Waals surface area contributed by atoms with Crippen LogP contribution in [0.3, 0.4) is 0 Å². The monoisotopic (exact) mass is 280 g/mol. The van der Waals surface area contributed by atoms with E-state index in [0.29, 0.717) is 0 Å². The number of quaternary nitrogens is 2. The molecule has 0 unspecified atom stereocenters. The first kappa shape index (κ1) is 15.1. The number of rotatable bonds is 6. The number of hydrogen-bond donors (Lipinski definition) is 2. The molecule has 1 heterocycles. The second kappa shape index (κ2) is 7.50. The van der Waals surface area contributed by atoms with E-state index < -0.39 is 0 Å². The Morgan fingerprint density at radius 2 is 1.75 bits per heavy atom. The first-order valence-electron chi connectivity index (χ1n) is 7.67. The minimum absolute atomic E-state index is 0.760. The van der Waals surface area contributed by atoms with Crippen molar-refractivity contribution >= 4 is 0 Å². The zero-order valence-electron chi connectivity index (χ0n) is 13.0. The zero-order valence-corrected chi connectivity index (χ0v) is 13.0. The number of piperazine rings is 1. The van der Waals surface area contributed by atoms with E-state index in [2.05, 4.69) is 19.9 Å². The van der Waals surface area contributed by atoms with Gasteiger partial charge in [-0.1, -0.05) is 6.07 Å². The summed E-state index contributed by atoms with van der Waals surface area (Å²) in [5.74, 6) is 1.69. The van der Waals surface area contributed by atoms with Crippen molar-refractivity contribution in [1.82, 2.24) is 0 Å². The van der Waals surface area contributed by atoms with Crippen LogP contribution in [0.5, 0.6) is 11.5 Å². The molecule has 0 aliphatic carbocycles. The van der Waals surface area contributed by atoms with Gasteiger partial charge in [0.05, 0.1) is 13.7 Å². The molecule has 20 heavy (non-hydrogen) atoms. The van der Waals surface area contributed by atoms with Crippen LogP contribution in [0, 0.1) is 6.92 Å². The molecule has 1 saturated heterocycles. The third-order valence-corrected chi connectivity index (χ3v) is 4.20. The number of nitrogens with one attached hydrogen (secondary N) is 2. The van der Waals surface area contributed by atoms with Crippen LogP contribution in [-0.4, -0.2) is 53.0 Å². The Morgan fingerprint density at radius 3 is 2.40 bits per heavy atom. The predicted molar refractivity (Wildman–Crippen MR) is 80.0 cm³/mol. The van der Waals surface area contributed by atoms with Crippen molar-refractivity contribution in [2.75, 3.05) is 53.0 Å². The van der Waals surface area contributed by atoms with Gasteiger partial charge in [0, 0.05) is 0 Å². The number of methoxy groups -OCH3 is 1. The third kappa shape index (κ3) is 4.12. The van der Waals surface area contributed by atoms with Crippen LogP contribution < -0.4 is 19.3 Å². The molecule has 0 saturated carbocycles. The molecule has 0 radical (unpaired) electrons. The van der Waals surface area contributed by atoms with Crippen LogP contribution in [0.15, 0.2) is 18.2 Å². The number of ether oxygens (including phenoxy) is 2. The van der Waals surface area contributed by atoms with E-state index >= 15 is 0 Å². The summed E-state index contributed by atoms with van der Waals surface area (Å²) in [4.78, 5) is 3.39. The molecule has 0 atom stereocenters. The summed E-state index contributed by atoms with van der Waals surface area (Å²) >= 11 is 0. The zero-order chi connectivity index (χ0) is 14.4. The average molecular weight is 280 g/mol. The first-order chi connectivity index (χ1) is 9.72. The summed E-state index contributed by atoms with van der Waals surface area (Å²) in [5, 5.41) is 0. The lowest BCUT2D eigenvalue weighted by Gasteiger charge is -2.28. The van der Waals surface area contributed by atoms with Gasteiger partial charge >= 0.3 is 0 Å².